The monoisotopic (exact) mass is 347 g/mol. The number of rotatable bonds is 5. The Hall–Kier alpha value is -0.330. The molecule has 0 radical (unpaired) electrons. The lowest BCUT2D eigenvalue weighted by Crippen LogP contribution is -2.29. The second kappa shape index (κ2) is 6.73. The Balaban J connectivity index is 1.71. The zero-order chi connectivity index (χ0) is 13.0. The number of likely N-dealkylation sites (tertiary alicyclic amines) is 1. The topological polar surface area (TPSA) is 37.4 Å². The van der Waals surface area contributed by atoms with Gasteiger partial charge in [0, 0.05) is 13.1 Å². The Morgan fingerprint density at radius 3 is 2.61 bits per heavy atom. The minimum absolute atomic E-state index is 0.102. The molecule has 0 bridgehead atoms. The number of carbonyl (C=O) groups excluding carboxylic acids is 2. The zero-order valence-electron chi connectivity index (χ0n) is 9.86. The van der Waals surface area contributed by atoms with Crippen LogP contribution in [0.5, 0.6) is 0 Å². The molecule has 0 unspecified atom stereocenters. The number of thioether (sulfide) groups is 1. The van der Waals surface area contributed by atoms with E-state index in [9.17, 15) is 9.59 Å². The van der Waals surface area contributed by atoms with E-state index < -0.39 is 0 Å². The van der Waals surface area contributed by atoms with Crippen molar-refractivity contribution in [3.05, 3.63) is 20.8 Å². The Morgan fingerprint density at radius 1 is 1.28 bits per heavy atom. The van der Waals surface area contributed by atoms with E-state index in [-0.39, 0.29) is 11.7 Å². The van der Waals surface area contributed by atoms with Crippen LogP contribution in [0.1, 0.15) is 22.5 Å². The molecule has 1 saturated heterocycles. The molecular formula is C12H14BrNO2S2. The van der Waals surface area contributed by atoms with Crippen LogP contribution < -0.4 is 0 Å². The number of Topliss-reactive ketones (excluding diaryl/α,β-unsaturated/α-hetero) is 1. The molecule has 18 heavy (non-hydrogen) atoms. The molecule has 2 rings (SSSR count). The highest BCUT2D eigenvalue weighted by Crippen LogP contribution is 2.23. The SMILES string of the molecule is O=C(CSCC(=O)N1CCCC1)c1ccc(Br)s1. The molecule has 0 aliphatic carbocycles. The highest BCUT2D eigenvalue weighted by Gasteiger charge is 2.18. The lowest BCUT2D eigenvalue weighted by Gasteiger charge is -2.14. The predicted octanol–water partition coefficient (Wildman–Crippen LogP) is 3.05. The van der Waals surface area contributed by atoms with Crippen molar-refractivity contribution >= 4 is 50.7 Å². The number of ketones is 1. The van der Waals surface area contributed by atoms with Crippen molar-refractivity contribution in [2.24, 2.45) is 0 Å². The van der Waals surface area contributed by atoms with Crippen molar-refractivity contribution in [1.29, 1.82) is 0 Å². The van der Waals surface area contributed by atoms with Crippen molar-refractivity contribution in [1.82, 2.24) is 4.90 Å². The van der Waals surface area contributed by atoms with E-state index in [0.717, 1.165) is 34.6 Å². The molecule has 98 valence electrons. The fourth-order valence-corrected chi connectivity index (χ4v) is 4.04. The molecule has 0 aromatic carbocycles. The van der Waals surface area contributed by atoms with Crippen molar-refractivity contribution in [3.63, 3.8) is 0 Å². The second-order valence-electron chi connectivity index (χ2n) is 4.11. The van der Waals surface area contributed by atoms with Gasteiger partial charge in [0.1, 0.15) is 0 Å². The lowest BCUT2D eigenvalue weighted by atomic mass is 10.4. The summed E-state index contributed by atoms with van der Waals surface area (Å²) in [6, 6.07) is 3.69. The van der Waals surface area contributed by atoms with Gasteiger partial charge in [-0.2, -0.15) is 0 Å². The Morgan fingerprint density at radius 2 is 2.00 bits per heavy atom. The largest absolute Gasteiger partial charge is 0.342 e. The molecule has 1 aromatic rings. The van der Waals surface area contributed by atoms with Gasteiger partial charge in [0.05, 0.1) is 20.2 Å². The Bertz CT molecular complexity index is 441. The van der Waals surface area contributed by atoms with Crippen LogP contribution in [0, 0.1) is 0 Å². The molecule has 1 fully saturated rings. The molecule has 2 heterocycles. The third-order valence-corrected chi connectivity index (χ3v) is 5.35. The molecule has 1 aliphatic rings. The number of nitrogens with zero attached hydrogens (tertiary/aromatic N) is 1. The molecule has 0 spiro atoms. The minimum atomic E-state index is 0.102. The maximum atomic E-state index is 11.8. The van der Waals surface area contributed by atoms with Gasteiger partial charge in [-0.3, -0.25) is 9.59 Å². The van der Waals surface area contributed by atoms with Crippen molar-refractivity contribution in [3.8, 4) is 0 Å². The van der Waals surface area contributed by atoms with Crippen molar-refractivity contribution in [2.45, 2.75) is 12.8 Å². The number of hydrogen-bond donors (Lipinski definition) is 0. The van der Waals surface area contributed by atoms with Gasteiger partial charge in [-0.15, -0.1) is 23.1 Å². The van der Waals surface area contributed by atoms with Gasteiger partial charge >= 0.3 is 0 Å². The molecule has 1 amide bonds. The van der Waals surface area contributed by atoms with Crippen LogP contribution in [-0.2, 0) is 4.79 Å². The first-order chi connectivity index (χ1) is 8.66. The molecule has 1 aromatic heterocycles. The van der Waals surface area contributed by atoms with Crippen LogP contribution in [0.3, 0.4) is 0 Å². The van der Waals surface area contributed by atoms with E-state index in [4.69, 9.17) is 0 Å². The highest BCUT2D eigenvalue weighted by molar-refractivity contribution is 9.11. The van der Waals surface area contributed by atoms with E-state index in [1.54, 1.807) is 0 Å². The molecule has 1 aliphatic heterocycles. The number of halogens is 1. The van der Waals surface area contributed by atoms with Gasteiger partial charge in [0.25, 0.3) is 0 Å². The molecule has 3 nitrogen and oxygen atoms in total. The first-order valence-electron chi connectivity index (χ1n) is 5.81. The maximum absolute atomic E-state index is 11.8. The quantitative estimate of drug-likeness (QED) is 0.768. The van der Waals surface area contributed by atoms with Crippen molar-refractivity contribution in [2.75, 3.05) is 24.6 Å². The minimum Gasteiger partial charge on any atom is -0.342 e. The van der Waals surface area contributed by atoms with Crippen LogP contribution in [0.4, 0.5) is 0 Å². The van der Waals surface area contributed by atoms with Crippen LogP contribution in [-0.4, -0.2) is 41.2 Å². The number of amides is 1. The molecule has 0 atom stereocenters. The van der Waals surface area contributed by atoms with E-state index in [0.29, 0.717) is 11.5 Å². The number of hydrogen-bond acceptors (Lipinski definition) is 4. The van der Waals surface area contributed by atoms with E-state index in [1.165, 1.54) is 23.1 Å². The maximum Gasteiger partial charge on any atom is 0.232 e. The first kappa shape index (κ1) is 14.1. The summed E-state index contributed by atoms with van der Waals surface area (Å²) in [4.78, 5) is 26.2. The molecule has 6 heteroatoms. The molecule has 0 saturated carbocycles. The number of carbonyl (C=O) groups is 2. The van der Waals surface area contributed by atoms with Crippen LogP contribution in [0.25, 0.3) is 0 Å². The summed E-state index contributed by atoms with van der Waals surface area (Å²) in [5.41, 5.74) is 0. The third kappa shape index (κ3) is 3.83. The van der Waals surface area contributed by atoms with Gasteiger partial charge in [0.2, 0.25) is 5.91 Å². The predicted molar refractivity (Wildman–Crippen MR) is 79.5 cm³/mol. The van der Waals surface area contributed by atoms with Crippen molar-refractivity contribution < 1.29 is 9.59 Å². The summed E-state index contributed by atoms with van der Waals surface area (Å²) < 4.78 is 0.962. The summed E-state index contributed by atoms with van der Waals surface area (Å²) in [6.07, 6.45) is 2.22. The van der Waals surface area contributed by atoms with Gasteiger partial charge in [-0.25, -0.2) is 0 Å². The average Bonchev–Trinajstić information content (AvgIpc) is 2.99. The summed E-state index contributed by atoms with van der Waals surface area (Å²) in [6.45, 7) is 1.76. The first-order valence-corrected chi connectivity index (χ1v) is 8.57. The Labute approximate surface area is 123 Å². The smallest absolute Gasteiger partial charge is 0.232 e. The fraction of sp³-hybridized carbons (Fsp3) is 0.500. The summed E-state index contributed by atoms with van der Waals surface area (Å²) in [5.74, 6) is 1.06. The molecular weight excluding hydrogens is 334 g/mol. The normalized spacial score (nSPS) is 15.1. The van der Waals surface area contributed by atoms with Crippen LogP contribution in [0.2, 0.25) is 0 Å². The van der Waals surface area contributed by atoms with Gasteiger partial charge in [-0.1, -0.05) is 0 Å². The summed E-state index contributed by atoms with van der Waals surface area (Å²) in [5, 5.41) is 0. The Kier molecular flexibility index (Phi) is 5.26. The van der Waals surface area contributed by atoms with Gasteiger partial charge in [0.15, 0.2) is 5.78 Å². The summed E-state index contributed by atoms with van der Waals surface area (Å²) in [7, 11) is 0. The van der Waals surface area contributed by atoms with E-state index in [1.807, 2.05) is 17.0 Å². The average molecular weight is 348 g/mol. The fourth-order valence-electron chi connectivity index (χ4n) is 1.82. The van der Waals surface area contributed by atoms with Crippen LogP contribution >= 0.6 is 39.0 Å². The lowest BCUT2D eigenvalue weighted by molar-refractivity contribution is -0.127. The van der Waals surface area contributed by atoms with Gasteiger partial charge in [-0.05, 0) is 40.9 Å². The highest BCUT2D eigenvalue weighted by atomic mass is 79.9. The number of thiophene rings is 1. The zero-order valence-corrected chi connectivity index (χ0v) is 13.1. The summed E-state index contributed by atoms with van der Waals surface area (Å²) >= 11 is 6.18. The second-order valence-corrected chi connectivity index (χ2v) is 7.56. The van der Waals surface area contributed by atoms with Gasteiger partial charge < -0.3 is 4.90 Å². The van der Waals surface area contributed by atoms with Crippen LogP contribution in [0.15, 0.2) is 15.9 Å². The van der Waals surface area contributed by atoms with E-state index in [2.05, 4.69) is 15.9 Å². The van der Waals surface area contributed by atoms with E-state index >= 15 is 0 Å². The molecule has 0 N–H and O–H groups in total. The standard InChI is InChI=1S/C12H14BrNO2S2/c13-11-4-3-10(18-11)9(15)7-17-8-12(16)14-5-1-2-6-14/h3-4H,1-2,5-8H2. The third-order valence-electron chi connectivity index (χ3n) is 2.77.